The van der Waals surface area contributed by atoms with E-state index in [1.54, 1.807) is 24.3 Å². The summed E-state index contributed by atoms with van der Waals surface area (Å²) in [5.74, 6) is 0. The molecule has 1 aromatic heterocycles. The van der Waals surface area contributed by atoms with Gasteiger partial charge in [0.15, 0.2) is 5.15 Å². The van der Waals surface area contributed by atoms with Gasteiger partial charge in [-0.05, 0) is 42.7 Å². The van der Waals surface area contributed by atoms with E-state index in [2.05, 4.69) is 16.6 Å². The van der Waals surface area contributed by atoms with Crippen LogP contribution in [0.1, 0.15) is 38.2 Å². The monoisotopic (exact) mass is 352 g/mol. The summed E-state index contributed by atoms with van der Waals surface area (Å²) in [6, 6.07) is 10.2. The molecule has 0 spiro atoms. The number of hydrogen-bond donors (Lipinski definition) is 1. The fourth-order valence-corrected chi connectivity index (χ4v) is 3.55. The quantitative estimate of drug-likeness (QED) is 0.555. The predicted molar refractivity (Wildman–Crippen MR) is 94.3 cm³/mol. The van der Waals surface area contributed by atoms with Crippen LogP contribution in [0.5, 0.6) is 0 Å². The molecule has 0 unspecified atom stereocenters. The zero-order valence-electron chi connectivity index (χ0n) is 13.1. The topological polar surface area (TPSA) is 59.1 Å². The molecule has 4 nitrogen and oxygen atoms in total. The normalized spacial score (nSPS) is 11.4. The van der Waals surface area contributed by atoms with Crippen molar-refractivity contribution >= 4 is 27.3 Å². The Labute approximate surface area is 143 Å². The number of rotatable bonds is 8. The smallest absolute Gasteiger partial charge is 0.261 e. The first-order chi connectivity index (χ1) is 11.0. The van der Waals surface area contributed by atoms with E-state index in [0.717, 1.165) is 18.4 Å². The Hall–Kier alpha value is -1.59. The molecule has 6 heteroatoms. The van der Waals surface area contributed by atoms with Crippen LogP contribution in [0, 0.1) is 0 Å². The van der Waals surface area contributed by atoms with Crippen LogP contribution in [0.15, 0.2) is 47.5 Å². The summed E-state index contributed by atoms with van der Waals surface area (Å²) in [4.78, 5) is 4.08. The fourth-order valence-electron chi connectivity index (χ4n) is 2.26. The minimum Gasteiger partial charge on any atom is -0.276 e. The third kappa shape index (κ3) is 5.22. The Morgan fingerprint density at radius 2 is 1.83 bits per heavy atom. The first-order valence-corrected chi connectivity index (χ1v) is 9.61. The van der Waals surface area contributed by atoms with Crippen LogP contribution in [0.4, 0.5) is 5.69 Å². The van der Waals surface area contributed by atoms with E-state index in [4.69, 9.17) is 11.6 Å². The fraction of sp³-hybridized carbons (Fsp3) is 0.353. The number of aryl methyl sites for hydroxylation is 1. The molecule has 0 radical (unpaired) electrons. The van der Waals surface area contributed by atoms with Crippen LogP contribution >= 0.6 is 11.6 Å². The molecule has 23 heavy (non-hydrogen) atoms. The number of halogens is 1. The lowest BCUT2D eigenvalue weighted by Crippen LogP contribution is -2.13. The highest BCUT2D eigenvalue weighted by Gasteiger charge is 2.15. The highest BCUT2D eigenvalue weighted by atomic mass is 35.5. The third-order valence-corrected chi connectivity index (χ3v) is 5.24. The standard InChI is InChI=1S/C17H21ClN2O2S/c1-2-3-4-5-7-14-9-11-15(12-10-14)23(21,22)20-16-8-6-13-19-17(16)18/h6,8-13,20H,2-5,7H2,1H3. The zero-order valence-corrected chi connectivity index (χ0v) is 14.7. The van der Waals surface area contributed by atoms with Crippen LogP contribution in [-0.4, -0.2) is 13.4 Å². The Balaban J connectivity index is 2.04. The summed E-state index contributed by atoms with van der Waals surface area (Å²) < 4.78 is 27.2. The van der Waals surface area contributed by atoms with Crippen molar-refractivity contribution in [3.8, 4) is 0 Å². The molecule has 0 aliphatic carbocycles. The Morgan fingerprint density at radius 1 is 1.09 bits per heavy atom. The van der Waals surface area contributed by atoms with Gasteiger partial charge < -0.3 is 0 Å². The van der Waals surface area contributed by atoms with Gasteiger partial charge in [0.1, 0.15) is 0 Å². The number of anilines is 1. The van der Waals surface area contributed by atoms with E-state index in [-0.39, 0.29) is 15.7 Å². The van der Waals surface area contributed by atoms with E-state index in [0.29, 0.717) is 0 Å². The maximum absolute atomic E-state index is 12.4. The van der Waals surface area contributed by atoms with Crippen LogP contribution in [0.25, 0.3) is 0 Å². The van der Waals surface area contributed by atoms with Gasteiger partial charge in [-0.3, -0.25) is 4.72 Å². The van der Waals surface area contributed by atoms with Gasteiger partial charge in [0.2, 0.25) is 0 Å². The molecule has 1 aromatic carbocycles. The Bertz CT molecular complexity index is 731. The van der Waals surface area contributed by atoms with E-state index >= 15 is 0 Å². The number of hydrogen-bond acceptors (Lipinski definition) is 3. The summed E-state index contributed by atoms with van der Waals surface area (Å²) in [7, 11) is -3.66. The minimum absolute atomic E-state index is 0.128. The van der Waals surface area contributed by atoms with E-state index in [9.17, 15) is 8.42 Å². The number of pyridine rings is 1. The van der Waals surface area contributed by atoms with Gasteiger partial charge in [-0.2, -0.15) is 0 Å². The van der Waals surface area contributed by atoms with Gasteiger partial charge in [0, 0.05) is 6.20 Å². The van der Waals surface area contributed by atoms with Crippen molar-refractivity contribution in [3.05, 3.63) is 53.3 Å². The van der Waals surface area contributed by atoms with E-state index in [1.165, 1.54) is 25.5 Å². The molecular formula is C17H21ClN2O2S. The van der Waals surface area contributed by atoms with Crippen LogP contribution in [0.3, 0.4) is 0 Å². The lowest BCUT2D eigenvalue weighted by atomic mass is 10.1. The van der Waals surface area contributed by atoms with Gasteiger partial charge in [0.05, 0.1) is 10.6 Å². The summed E-state index contributed by atoms with van der Waals surface area (Å²) in [6.07, 6.45) is 7.26. The summed E-state index contributed by atoms with van der Waals surface area (Å²) in [5, 5.41) is 0.128. The van der Waals surface area contributed by atoms with Gasteiger partial charge in [-0.15, -0.1) is 0 Å². The van der Waals surface area contributed by atoms with Crippen molar-refractivity contribution in [1.29, 1.82) is 0 Å². The third-order valence-electron chi connectivity index (χ3n) is 3.56. The highest BCUT2D eigenvalue weighted by molar-refractivity contribution is 7.92. The molecule has 0 amide bonds. The van der Waals surface area contributed by atoms with Crippen molar-refractivity contribution in [2.75, 3.05) is 4.72 Å². The first-order valence-electron chi connectivity index (χ1n) is 7.75. The zero-order chi connectivity index (χ0) is 16.7. The molecule has 2 aromatic rings. The molecule has 0 fully saturated rings. The second-order valence-corrected chi connectivity index (χ2v) is 7.44. The molecule has 1 heterocycles. The summed E-state index contributed by atoms with van der Waals surface area (Å²) in [5.41, 5.74) is 1.43. The van der Waals surface area contributed by atoms with Crippen LogP contribution in [-0.2, 0) is 16.4 Å². The maximum atomic E-state index is 12.4. The van der Waals surface area contributed by atoms with Crippen molar-refractivity contribution in [3.63, 3.8) is 0 Å². The molecule has 0 bridgehead atoms. The number of aromatic nitrogens is 1. The van der Waals surface area contributed by atoms with Gasteiger partial charge in [0.25, 0.3) is 10.0 Å². The van der Waals surface area contributed by atoms with Crippen molar-refractivity contribution in [2.45, 2.75) is 43.9 Å². The number of nitrogens with one attached hydrogen (secondary N) is 1. The van der Waals surface area contributed by atoms with Gasteiger partial charge in [-0.25, -0.2) is 13.4 Å². The molecule has 1 N–H and O–H groups in total. The van der Waals surface area contributed by atoms with Gasteiger partial charge in [-0.1, -0.05) is 49.9 Å². The maximum Gasteiger partial charge on any atom is 0.261 e. The highest BCUT2D eigenvalue weighted by Crippen LogP contribution is 2.22. The summed E-state index contributed by atoms with van der Waals surface area (Å²) >= 11 is 5.89. The lowest BCUT2D eigenvalue weighted by Gasteiger charge is -2.09. The average Bonchev–Trinajstić information content (AvgIpc) is 2.54. The predicted octanol–water partition coefficient (Wildman–Crippen LogP) is 4.66. The number of benzene rings is 1. The van der Waals surface area contributed by atoms with E-state index in [1.807, 2.05) is 12.1 Å². The number of sulfonamides is 1. The van der Waals surface area contributed by atoms with Crippen molar-refractivity contribution in [1.82, 2.24) is 4.98 Å². The van der Waals surface area contributed by atoms with Crippen molar-refractivity contribution in [2.24, 2.45) is 0 Å². The van der Waals surface area contributed by atoms with Crippen LogP contribution in [0.2, 0.25) is 5.15 Å². The SMILES string of the molecule is CCCCCCc1ccc(S(=O)(=O)Nc2cccnc2Cl)cc1. The number of unbranched alkanes of at least 4 members (excludes halogenated alkanes) is 3. The molecule has 0 aliphatic rings. The molecule has 2 rings (SSSR count). The Morgan fingerprint density at radius 3 is 2.48 bits per heavy atom. The van der Waals surface area contributed by atoms with Gasteiger partial charge >= 0.3 is 0 Å². The lowest BCUT2D eigenvalue weighted by molar-refractivity contribution is 0.601. The molecule has 0 saturated carbocycles. The molecule has 0 saturated heterocycles. The second-order valence-electron chi connectivity index (χ2n) is 5.40. The van der Waals surface area contributed by atoms with E-state index < -0.39 is 10.0 Å². The largest absolute Gasteiger partial charge is 0.276 e. The van der Waals surface area contributed by atoms with Crippen molar-refractivity contribution < 1.29 is 8.42 Å². The second kappa shape index (κ2) is 8.31. The first kappa shape index (κ1) is 17.8. The van der Waals surface area contributed by atoms with Crippen LogP contribution < -0.4 is 4.72 Å². The Kier molecular flexibility index (Phi) is 6.42. The molecule has 124 valence electrons. The molecule has 0 aliphatic heterocycles. The minimum atomic E-state index is -3.66. The molecule has 0 atom stereocenters. The summed E-state index contributed by atoms with van der Waals surface area (Å²) in [6.45, 7) is 2.18. The molecular weight excluding hydrogens is 332 g/mol. The average molecular weight is 353 g/mol. The number of nitrogens with zero attached hydrogens (tertiary/aromatic N) is 1.